The van der Waals surface area contributed by atoms with Crippen LogP contribution in [-0.4, -0.2) is 10.8 Å². The summed E-state index contributed by atoms with van der Waals surface area (Å²) in [7, 11) is 0. The molecular formula is C17H13F2NO. The molecule has 0 radical (unpaired) electrons. The molecule has 0 unspecified atom stereocenters. The van der Waals surface area contributed by atoms with E-state index >= 15 is 0 Å². The van der Waals surface area contributed by atoms with Gasteiger partial charge in [-0.1, -0.05) is 18.2 Å². The van der Waals surface area contributed by atoms with Gasteiger partial charge in [-0.2, -0.15) is 0 Å². The Bertz CT molecular complexity index is 807. The SMILES string of the molecule is O=C(CCc1c[nH]c2ccccc12)c1cc(F)ccc1F. The maximum absolute atomic E-state index is 13.5. The van der Waals surface area contributed by atoms with Crippen molar-refractivity contribution in [2.45, 2.75) is 12.8 Å². The summed E-state index contributed by atoms with van der Waals surface area (Å²) in [5.74, 6) is -1.68. The normalized spacial score (nSPS) is 11.0. The standard InChI is InChI=1S/C17H13F2NO/c18-12-6-7-15(19)14(9-12)17(21)8-5-11-10-20-16-4-2-1-3-13(11)16/h1-4,6-7,9-10,20H,5,8H2. The first-order chi connectivity index (χ1) is 10.1. The molecule has 0 aliphatic carbocycles. The second-order valence-corrected chi connectivity index (χ2v) is 4.91. The Morgan fingerprint density at radius 2 is 1.90 bits per heavy atom. The number of fused-ring (bicyclic) bond motifs is 1. The largest absolute Gasteiger partial charge is 0.361 e. The Balaban J connectivity index is 1.78. The number of hydrogen-bond donors (Lipinski definition) is 1. The lowest BCUT2D eigenvalue weighted by Gasteiger charge is -2.03. The van der Waals surface area contributed by atoms with Gasteiger partial charge in [0.15, 0.2) is 5.78 Å². The molecule has 3 rings (SSSR count). The molecular weight excluding hydrogens is 272 g/mol. The van der Waals surface area contributed by atoms with Crippen molar-refractivity contribution in [2.24, 2.45) is 0 Å². The van der Waals surface area contributed by atoms with Crippen LogP contribution in [0.25, 0.3) is 10.9 Å². The number of H-pyrrole nitrogens is 1. The van der Waals surface area contributed by atoms with Gasteiger partial charge >= 0.3 is 0 Å². The van der Waals surface area contributed by atoms with Gasteiger partial charge in [-0.25, -0.2) is 8.78 Å². The van der Waals surface area contributed by atoms with Gasteiger partial charge in [-0.05, 0) is 36.2 Å². The molecule has 0 aliphatic heterocycles. The molecule has 2 aromatic carbocycles. The molecule has 0 spiro atoms. The summed E-state index contributed by atoms with van der Waals surface area (Å²) in [6.45, 7) is 0. The zero-order valence-electron chi connectivity index (χ0n) is 11.2. The number of nitrogens with one attached hydrogen (secondary N) is 1. The molecule has 3 aromatic rings. The lowest BCUT2D eigenvalue weighted by Crippen LogP contribution is -2.04. The second-order valence-electron chi connectivity index (χ2n) is 4.91. The number of ketones is 1. The van der Waals surface area contributed by atoms with Gasteiger partial charge in [-0.3, -0.25) is 4.79 Å². The van der Waals surface area contributed by atoms with Gasteiger partial charge in [0.1, 0.15) is 11.6 Å². The molecule has 1 heterocycles. The number of para-hydroxylation sites is 1. The number of hydrogen-bond acceptors (Lipinski definition) is 1. The molecule has 0 aliphatic rings. The van der Waals surface area contributed by atoms with Crippen LogP contribution in [0.5, 0.6) is 0 Å². The number of carbonyl (C=O) groups is 1. The molecule has 106 valence electrons. The number of carbonyl (C=O) groups excluding carboxylic acids is 1. The van der Waals surface area contributed by atoms with Gasteiger partial charge in [0.25, 0.3) is 0 Å². The minimum absolute atomic E-state index is 0.141. The summed E-state index contributed by atoms with van der Waals surface area (Å²) in [5.41, 5.74) is 1.81. The minimum Gasteiger partial charge on any atom is -0.361 e. The van der Waals surface area contributed by atoms with Crippen LogP contribution in [0.4, 0.5) is 8.78 Å². The maximum atomic E-state index is 13.5. The van der Waals surface area contributed by atoms with Crippen LogP contribution < -0.4 is 0 Å². The average molecular weight is 285 g/mol. The Hall–Kier alpha value is -2.49. The van der Waals surface area contributed by atoms with E-state index in [2.05, 4.69) is 4.98 Å². The maximum Gasteiger partial charge on any atom is 0.166 e. The third kappa shape index (κ3) is 2.70. The molecule has 2 nitrogen and oxygen atoms in total. The van der Waals surface area contributed by atoms with Crippen molar-refractivity contribution in [3.8, 4) is 0 Å². The van der Waals surface area contributed by atoms with Gasteiger partial charge < -0.3 is 4.98 Å². The number of halogens is 2. The van der Waals surface area contributed by atoms with Crippen LogP contribution >= 0.6 is 0 Å². The smallest absolute Gasteiger partial charge is 0.166 e. The van der Waals surface area contributed by atoms with Crippen LogP contribution in [0.3, 0.4) is 0 Å². The fraction of sp³-hybridized carbons (Fsp3) is 0.118. The van der Waals surface area contributed by atoms with Crippen LogP contribution in [0, 0.1) is 11.6 Å². The highest BCUT2D eigenvalue weighted by Gasteiger charge is 2.13. The predicted octanol–water partition coefficient (Wildman–Crippen LogP) is 4.26. The average Bonchev–Trinajstić information content (AvgIpc) is 2.90. The molecule has 0 saturated heterocycles. The van der Waals surface area contributed by atoms with Crippen molar-refractivity contribution >= 4 is 16.7 Å². The van der Waals surface area contributed by atoms with E-state index in [1.165, 1.54) is 0 Å². The van der Waals surface area contributed by atoms with Crippen molar-refractivity contribution in [2.75, 3.05) is 0 Å². The topological polar surface area (TPSA) is 32.9 Å². The Labute approximate surface area is 120 Å². The molecule has 4 heteroatoms. The molecule has 0 atom stereocenters. The molecule has 0 amide bonds. The first-order valence-electron chi connectivity index (χ1n) is 6.68. The summed E-state index contributed by atoms with van der Waals surface area (Å²) in [6, 6.07) is 10.7. The Morgan fingerprint density at radius 1 is 1.10 bits per heavy atom. The van der Waals surface area contributed by atoms with Crippen molar-refractivity contribution in [3.05, 3.63) is 71.4 Å². The first-order valence-corrected chi connectivity index (χ1v) is 6.68. The fourth-order valence-electron chi connectivity index (χ4n) is 2.43. The molecule has 1 N–H and O–H groups in total. The van der Waals surface area contributed by atoms with Crippen molar-refractivity contribution in [1.82, 2.24) is 4.98 Å². The number of aromatic nitrogens is 1. The molecule has 0 bridgehead atoms. The summed E-state index contributed by atoms with van der Waals surface area (Å²) in [5, 5.41) is 1.05. The Kier molecular flexibility index (Phi) is 3.52. The van der Waals surface area contributed by atoms with E-state index in [1.54, 1.807) is 0 Å². The number of benzene rings is 2. The highest BCUT2D eigenvalue weighted by atomic mass is 19.1. The van der Waals surface area contributed by atoms with E-state index in [4.69, 9.17) is 0 Å². The van der Waals surface area contributed by atoms with Crippen LogP contribution in [0.2, 0.25) is 0 Å². The molecule has 0 fully saturated rings. The highest BCUT2D eigenvalue weighted by molar-refractivity contribution is 5.96. The van der Waals surface area contributed by atoms with E-state index in [0.29, 0.717) is 6.42 Å². The predicted molar refractivity (Wildman–Crippen MR) is 77.3 cm³/mol. The van der Waals surface area contributed by atoms with E-state index < -0.39 is 17.4 Å². The summed E-state index contributed by atoms with van der Waals surface area (Å²) >= 11 is 0. The molecule has 21 heavy (non-hydrogen) atoms. The van der Waals surface area contributed by atoms with Crippen LogP contribution in [-0.2, 0) is 6.42 Å². The summed E-state index contributed by atoms with van der Waals surface area (Å²) < 4.78 is 26.7. The van der Waals surface area contributed by atoms with Crippen LogP contribution in [0.1, 0.15) is 22.3 Å². The summed E-state index contributed by atoms with van der Waals surface area (Å²) in [6.07, 6.45) is 2.47. The molecule has 1 aromatic heterocycles. The van der Waals surface area contributed by atoms with E-state index in [9.17, 15) is 13.6 Å². The zero-order valence-corrected chi connectivity index (χ0v) is 11.2. The van der Waals surface area contributed by atoms with Gasteiger partial charge in [-0.15, -0.1) is 0 Å². The van der Waals surface area contributed by atoms with Crippen molar-refractivity contribution in [1.29, 1.82) is 0 Å². The second kappa shape index (κ2) is 5.48. The molecule has 0 saturated carbocycles. The van der Waals surface area contributed by atoms with Crippen molar-refractivity contribution < 1.29 is 13.6 Å². The summed E-state index contributed by atoms with van der Waals surface area (Å²) in [4.78, 5) is 15.2. The highest BCUT2D eigenvalue weighted by Crippen LogP contribution is 2.20. The van der Waals surface area contributed by atoms with E-state index in [1.807, 2.05) is 30.5 Å². The third-order valence-corrected chi connectivity index (χ3v) is 3.53. The third-order valence-electron chi connectivity index (χ3n) is 3.53. The van der Waals surface area contributed by atoms with E-state index in [0.717, 1.165) is 34.7 Å². The lowest BCUT2D eigenvalue weighted by atomic mass is 10.0. The van der Waals surface area contributed by atoms with Crippen LogP contribution in [0.15, 0.2) is 48.7 Å². The van der Waals surface area contributed by atoms with Gasteiger partial charge in [0, 0.05) is 23.5 Å². The Morgan fingerprint density at radius 3 is 2.76 bits per heavy atom. The number of aryl methyl sites for hydroxylation is 1. The van der Waals surface area contributed by atoms with Crippen molar-refractivity contribution in [3.63, 3.8) is 0 Å². The number of rotatable bonds is 4. The zero-order chi connectivity index (χ0) is 14.8. The number of Topliss-reactive ketones (excluding diaryl/α,β-unsaturated/α-hetero) is 1. The monoisotopic (exact) mass is 285 g/mol. The first kappa shape index (κ1) is 13.5. The number of aromatic amines is 1. The minimum atomic E-state index is -0.680. The fourth-order valence-corrected chi connectivity index (χ4v) is 2.43. The van der Waals surface area contributed by atoms with Gasteiger partial charge in [0.2, 0.25) is 0 Å². The lowest BCUT2D eigenvalue weighted by molar-refractivity contribution is 0.0978. The van der Waals surface area contributed by atoms with E-state index in [-0.39, 0.29) is 12.0 Å². The quantitative estimate of drug-likeness (QED) is 0.714. The van der Waals surface area contributed by atoms with Gasteiger partial charge in [0.05, 0.1) is 5.56 Å².